The zero-order valence-electron chi connectivity index (χ0n) is 50.7. The van der Waals surface area contributed by atoms with Gasteiger partial charge in [0, 0.05) is 33.4 Å². The average Bonchev–Trinajstić information content (AvgIpc) is 3.40. The highest BCUT2D eigenvalue weighted by Gasteiger charge is 2.41. The van der Waals surface area contributed by atoms with Gasteiger partial charge >= 0.3 is 0 Å². The van der Waals surface area contributed by atoms with Crippen LogP contribution in [0.25, 0.3) is 0 Å². The molecule has 0 amide bonds. The highest BCUT2D eigenvalue weighted by atomic mass is 32.2. The Morgan fingerprint density at radius 2 is 0.342 bits per heavy atom. The first-order chi connectivity index (χ1) is 35.9. The van der Waals surface area contributed by atoms with Gasteiger partial charge in [-0.15, -0.1) is 0 Å². The average molecular weight is 1020 g/mol. The monoisotopic (exact) mass is 1020 g/mol. The minimum atomic E-state index is -0.178. The molecule has 0 aliphatic carbocycles. The van der Waals surface area contributed by atoms with Crippen LogP contribution in [0.1, 0.15) is 344 Å². The van der Waals surface area contributed by atoms with Gasteiger partial charge in [-0.1, -0.05) is 272 Å². The Kier molecular flexibility index (Phi) is 38.5. The SMILES string of the molecule is CCCCCCc1cc(CCCCCC)c([S+](c2c(CCCCCC)cc(CCCCCC)cc2CCCCCC)c2c(CCCCCC)cc(CCCCCC)cc2CCCCCC)c(CCCCCC)c1. The van der Waals surface area contributed by atoms with Gasteiger partial charge in [-0.05, 0) is 132 Å². The lowest BCUT2D eigenvalue weighted by molar-refractivity contribution is 0.643. The second-order valence-corrected chi connectivity index (χ2v) is 25.2. The molecule has 0 heterocycles. The Balaban J connectivity index is 2.72. The normalized spacial score (nSPS) is 11.8. The van der Waals surface area contributed by atoms with Crippen LogP contribution in [-0.2, 0) is 68.7 Å². The van der Waals surface area contributed by atoms with Gasteiger partial charge in [0.2, 0.25) is 0 Å². The van der Waals surface area contributed by atoms with E-state index < -0.39 is 0 Å². The molecule has 3 rings (SSSR count). The summed E-state index contributed by atoms with van der Waals surface area (Å²) in [5.41, 5.74) is 15.5. The summed E-state index contributed by atoms with van der Waals surface area (Å²) in [4.78, 5) is 5.47. The van der Waals surface area contributed by atoms with E-state index in [1.165, 1.54) is 289 Å². The summed E-state index contributed by atoms with van der Waals surface area (Å²) >= 11 is 0. The van der Waals surface area contributed by atoms with E-state index in [1.807, 2.05) is 14.7 Å². The predicted molar refractivity (Wildman–Crippen MR) is 332 cm³/mol. The molecular weight excluding hydrogens is 897 g/mol. The topological polar surface area (TPSA) is 0 Å². The van der Waals surface area contributed by atoms with E-state index in [-0.39, 0.29) is 10.9 Å². The second kappa shape index (κ2) is 43.0. The molecule has 0 aliphatic rings. The molecule has 0 aliphatic heterocycles. The Bertz CT molecular complexity index is 1490. The first-order valence-electron chi connectivity index (χ1n) is 33.1. The summed E-state index contributed by atoms with van der Waals surface area (Å²) in [6.45, 7) is 21.6. The van der Waals surface area contributed by atoms with Crippen molar-refractivity contribution < 1.29 is 0 Å². The van der Waals surface area contributed by atoms with Gasteiger partial charge < -0.3 is 0 Å². The molecule has 0 spiro atoms. The van der Waals surface area contributed by atoms with Crippen LogP contribution in [-0.4, -0.2) is 0 Å². The van der Waals surface area contributed by atoms with E-state index in [2.05, 4.69) is 98.7 Å². The number of benzene rings is 3. The van der Waals surface area contributed by atoms with E-state index >= 15 is 0 Å². The van der Waals surface area contributed by atoms with Crippen LogP contribution in [0.4, 0.5) is 0 Å². The minimum absolute atomic E-state index is 0.178. The molecule has 3 aromatic rings. The molecule has 0 atom stereocenters. The van der Waals surface area contributed by atoms with Crippen LogP contribution in [0.3, 0.4) is 0 Å². The van der Waals surface area contributed by atoms with Crippen LogP contribution in [0, 0.1) is 0 Å². The molecule has 0 saturated carbocycles. The standard InChI is InChI=1S/C72H123S/c1-10-19-28-37-46-61-55-64(49-40-31-22-13-4)70(65(56-61)50-41-32-23-14-5)73(71-66(51-42-33-24-15-6)57-62(47-38-29-20-11-2)58-67(71)52-43-34-25-16-7)72-68(53-44-35-26-17-8)59-63(48-39-30-21-12-3)60-69(72)54-45-36-27-18-9/h55-60H,10-54H2,1-9H3/q+1. The first-order valence-corrected chi connectivity index (χ1v) is 34.3. The van der Waals surface area contributed by atoms with Crippen LogP contribution < -0.4 is 0 Å². The molecule has 73 heavy (non-hydrogen) atoms. The minimum Gasteiger partial charge on any atom is -0.0654 e. The van der Waals surface area contributed by atoms with Crippen molar-refractivity contribution in [1.29, 1.82) is 0 Å². The Hall–Kier alpha value is -1.99. The fraction of sp³-hybridized carbons (Fsp3) is 0.750. The van der Waals surface area contributed by atoms with Crippen LogP contribution >= 0.6 is 0 Å². The Morgan fingerprint density at radius 1 is 0.192 bits per heavy atom. The number of hydrogen-bond acceptors (Lipinski definition) is 0. The van der Waals surface area contributed by atoms with Crippen LogP contribution in [0.5, 0.6) is 0 Å². The van der Waals surface area contributed by atoms with E-state index in [1.54, 1.807) is 50.1 Å². The van der Waals surface area contributed by atoms with E-state index in [0.29, 0.717) is 0 Å². The molecule has 0 N–H and O–H groups in total. The first kappa shape index (κ1) is 65.3. The van der Waals surface area contributed by atoms with Crippen molar-refractivity contribution in [3.63, 3.8) is 0 Å². The zero-order chi connectivity index (χ0) is 52.6. The molecule has 0 radical (unpaired) electrons. The molecule has 0 bridgehead atoms. The highest BCUT2D eigenvalue weighted by molar-refractivity contribution is 7.97. The third-order valence-electron chi connectivity index (χ3n) is 16.3. The Labute approximate surface area is 460 Å². The molecule has 3 aromatic carbocycles. The summed E-state index contributed by atoms with van der Waals surface area (Å²) in [7, 11) is -0.178. The van der Waals surface area contributed by atoms with Crippen molar-refractivity contribution in [3.8, 4) is 0 Å². The van der Waals surface area contributed by atoms with Crippen LogP contribution in [0.15, 0.2) is 51.1 Å². The highest BCUT2D eigenvalue weighted by Crippen LogP contribution is 2.46. The fourth-order valence-electron chi connectivity index (χ4n) is 11.8. The van der Waals surface area contributed by atoms with Crippen LogP contribution in [0.2, 0.25) is 0 Å². The third kappa shape index (κ3) is 25.8. The van der Waals surface area contributed by atoms with Crippen molar-refractivity contribution in [3.05, 3.63) is 86.5 Å². The lowest BCUT2D eigenvalue weighted by Gasteiger charge is -2.26. The molecule has 0 aromatic heterocycles. The molecule has 1 heteroatoms. The Morgan fingerprint density at radius 3 is 0.493 bits per heavy atom. The van der Waals surface area contributed by atoms with Crippen molar-refractivity contribution >= 4 is 10.9 Å². The van der Waals surface area contributed by atoms with Gasteiger partial charge in [0.15, 0.2) is 14.7 Å². The molecule has 0 nitrogen and oxygen atoms in total. The summed E-state index contributed by atoms with van der Waals surface area (Å²) in [6.07, 6.45) is 59.3. The van der Waals surface area contributed by atoms with Gasteiger partial charge in [0.05, 0.1) is 0 Å². The number of rotatable bonds is 48. The molecule has 0 unspecified atom stereocenters. The maximum Gasteiger partial charge on any atom is 0.172 e. The molecule has 416 valence electrons. The fourth-order valence-corrected chi connectivity index (χ4v) is 15.0. The zero-order valence-corrected chi connectivity index (χ0v) is 51.5. The van der Waals surface area contributed by atoms with Gasteiger partial charge in [0.1, 0.15) is 10.9 Å². The van der Waals surface area contributed by atoms with Crippen molar-refractivity contribution in [2.24, 2.45) is 0 Å². The van der Waals surface area contributed by atoms with E-state index in [9.17, 15) is 0 Å². The van der Waals surface area contributed by atoms with Crippen molar-refractivity contribution in [2.45, 2.75) is 366 Å². The van der Waals surface area contributed by atoms with E-state index in [0.717, 1.165) is 0 Å². The van der Waals surface area contributed by atoms with Gasteiger partial charge in [-0.25, -0.2) is 0 Å². The summed E-state index contributed by atoms with van der Waals surface area (Å²) in [6, 6.07) is 17.1. The number of aryl methyl sites for hydroxylation is 9. The molecule has 0 fully saturated rings. The lowest BCUT2D eigenvalue weighted by Crippen LogP contribution is -2.20. The van der Waals surface area contributed by atoms with Gasteiger partial charge in [0.25, 0.3) is 0 Å². The smallest absolute Gasteiger partial charge is 0.0654 e. The quantitative estimate of drug-likeness (QED) is 0.0391. The van der Waals surface area contributed by atoms with Gasteiger partial charge in [-0.3, -0.25) is 0 Å². The number of hydrogen-bond donors (Lipinski definition) is 0. The van der Waals surface area contributed by atoms with Crippen molar-refractivity contribution in [1.82, 2.24) is 0 Å². The lowest BCUT2D eigenvalue weighted by atomic mass is 9.94. The summed E-state index contributed by atoms with van der Waals surface area (Å²) in [5, 5.41) is 0. The molecular formula is C72H123S+. The largest absolute Gasteiger partial charge is 0.172 e. The third-order valence-corrected chi connectivity index (χ3v) is 19.1. The van der Waals surface area contributed by atoms with Gasteiger partial charge in [-0.2, -0.15) is 0 Å². The van der Waals surface area contributed by atoms with E-state index in [4.69, 9.17) is 0 Å². The number of unbranched alkanes of at least 4 members (excludes halogenated alkanes) is 27. The maximum absolute atomic E-state index is 2.84. The predicted octanol–water partition coefficient (Wildman–Crippen LogP) is 23.9. The second-order valence-electron chi connectivity index (χ2n) is 23.3. The molecule has 0 saturated heterocycles. The van der Waals surface area contributed by atoms with Crippen molar-refractivity contribution in [2.75, 3.05) is 0 Å². The summed E-state index contributed by atoms with van der Waals surface area (Å²) < 4.78 is 0. The summed E-state index contributed by atoms with van der Waals surface area (Å²) in [5.74, 6) is 0. The maximum atomic E-state index is 2.84.